The Balaban J connectivity index is 1.89. The molecule has 4 N–H and O–H groups in total. The molecule has 0 unspecified atom stereocenters. The van der Waals surface area contributed by atoms with Gasteiger partial charge >= 0.3 is 0 Å². The van der Waals surface area contributed by atoms with E-state index in [0.717, 1.165) is 36.4 Å². The van der Waals surface area contributed by atoms with Crippen molar-refractivity contribution in [3.63, 3.8) is 0 Å². The normalized spacial score (nSPS) is 22.9. The molecule has 1 aliphatic heterocycles. The molecule has 1 aromatic heterocycles. The van der Waals surface area contributed by atoms with E-state index in [-0.39, 0.29) is 6.04 Å². The average molecular weight is 271 g/mol. The third-order valence-electron chi connectivity index (χ3n) is 4.58. The Morgan fingerprint density at radius 1 is 1.25 bits per heavy atom. The van der Waals surface area contributed by atoms with Crippen molar-refractivity contribution >= 4 is 22.4 Å². The van der Waals surface area contributed by atoms with Crippen LogP contribution in [0.4, 0.5) is 11.4 Å². The first-order valence-corrected chi connectivity index (χ1v) is 7.40. The van der Waals surface area contributed by atoms with E-state index in [9.17, 15) is 0 Å². The van der Waals surface area contributed by atoms with Crippen LogP contribution >= 0.6 is 0 Å². The van der Waals surface area contributed by atoms with Gasteiger partial charge in [0.15, 0.2) is 0 Å². The van der Waals surface area contributed by atoms with Gasteiger partial charge in [0.05, 0.1) is 16.9 Å². The summed E-state index contributed by atoms with van der Waals surface area (Å²) in [6.45, 7) is 1.85. The summed E-state index contributed by atoms with van der Waals surface area (Å²) < 4.78 is 2.23. The molecule has 2 heterocycles. The largest absolute Gasteiger partial charge is 0.397 e. The van der Waals surface area contributed by atoms with Gasteiger partial charge in [-0.05, 0) is 31.4 Å². The molecule has 1 aliphatic carbocycles. The summed E-state index contributed by atoms with van der Waals surface area (Å²) in [5.74, 6) is 1.85. The van der Waals surface area contributed by atoms with Crippen molar-refractivity contribution in [3.05, 3.63) is 18.0 Å². The fourth-order valence-electron chi connectivity index (χ4n) is 3.31. The van der Waals surface area contributed by atoms with Crippen LogP contribution in [0.25, 0.3) is 11.0 Å². The molecule has 5 heteroatoms. The van der Waals surface area contributed by atoms with Gasteiger partial charge in [-0.25, -0.2) is 4.98 Å². The number of nitrogens with zero attached hydrogens (tertiary/aromatic N) is 3. The smallest absolute Gasteiger partial charge is 0.114 e. The monoisotopic (exact) mass is 271 g/mol. The van der Waals surface area contributed by atoms with Crippen molar-refractivity contribution in [2.24, 2.45) is 12.8 Å². The van der Waals surface area contributed by atoms with Gasteiger partial charge in [0.2, 0.25) is 0 Å². The van der Waals surface area contributed by atoms with Crippen LogP contribution in [-0.4, -0.2) is 28.7 Å². The molecular weight excluding hydrogens is 250 g/mol. The zero-order valence-corrected chi connectivity index (χ0v) is 11.8. The zero-order valence-electron chi connectivity index (χ0n) is 11.8. The van der Waals surface area contributed by atoms with Crippen LogP contribution in [0.3, 0.4) is 0 Å². The minimum atomic E-state index is 0.247. The Labute approximate surface area is 118 Å². The summed E-state index contributed by atoms with van der Waals surface area (Å²) in [7, 11) is 2.11. The van der Waals surface area contributed by atoms with Crippen LogP contribution in [0.5, 0.6) is 0 Å². The number of aryl methyl sites for hydroxylation is 1. The highest BCUT2D eigenvalue weighted by Crippen LogP contribution is 2.42. The van der Waals surface area contributed by atoms with Gasteiger partial charge in [-0.15, -0.1) is 0 Å². The van der Waals surface area contributed by atoms with Gasteiger partial charge in [-0.3, -0.25) is 0 Å². The molecule has 0 spiro atoms. The second-order valence-electron chi connectivity index (χ2n) is 6.17. The van der Waals surface area contributed by atoms with Crippen molar-refractivity contribution in [3.8, 4) is 0 Å². The number of anilines is 2. The lowest BCUT2D eigenvalue weighted by molar-refractivity contribution is 0.752. The molecule has 1 atom stereocenters. The Hall–Kier alpha value is -1.75. The number of hydrogen-bond acceptors (Lipinski definition) is 4. The Kier molecular flexibility index (Phi) is 2.48. The van der Waals surface area contributed by atoms with Crippen molar-refractivity contribution in [1.29, 1.82) is 0 Å². The van der Waals surface area contributed by atoms with Gasteiger partial charge in [-0.2, -0.15) is 0 Å². The second-order valence-corrected chi connectivity index (χ2v) is 6.17. The molecule has 0 amide bonds. The maximum absolute atomic E-state index is 6.23. The summed E-state index contributed by atoms with van der Waals surface area (Å²) in [6.07, 6.45) is 3.55. The van der Waals surface area contributed by atoms with Crippen molar-refractivity contribution in [1.82, 2.24) is 9.55 Å². The fourth-order valence-corrected chi connectivity index (χ4v) is 3.31. The zero-order chi connectivity index (χ0) is 13.9. The number of fused-ring (bicyclic) bond motifs is 1. The first-order chi connectivity index (χ1) is 9.65. The van der Waals surface area contributed by atoms with E-state index >= 15 is 0 Å². The van der Waals surface area contributed by atoms with Crippen LogP contribution in [-0.2, 0) is 7.05 Å². The number of nitrogens with two attached hydrogens (primary N) is 2. The molecule has 2 fully saturated rings. The molecule has 0 radical (unpaired) electrons. The minimum absolute atomic E-state index is 0.247. The number of benzene rings is 1. The van der Waals surface area contributed by atoms with Gasteiger partial charge < -0.3 is 20.9 Å². The number of imidazole rings is 1. The Morgan fingerprint density at radius 2 is 2.05 bits per heavy atom. The number of aromatic nitrogens is 2. The first kappa shape index (κ1) is 12.0. The second kappa shape index (κ2) is 4.12. The predicted molar refractivity (Wildman–Crippen MR) is 81.9 cm³/mol. The predicted octanol–water partition coefficient (Wildman–Crippen LogP) is 1.57. The lowest BCUT2D eigenvalue weighted by Crippen LogP contribution is -2.27. The van der Waals surface area contributed by atoms with Gasteiger partial charge in [0, 0.05) is 32.1 Å². The standard InChI is InChI=1S/C15H21N5/c1-19-12-5-4-11(17)14(20-7-6-10(16)8-20)13(12)18-15(19)9-2-3-9/h4-5,9-10H,2-3,6-8,16-17H2,1H3/t10-/m0/s1. The van der Waals surface area contributed by atoms with Gasteiger partial charge in [0.25, 0.3) is 0 Å². The summed E-state index contributed by atoms with van der Waals surface area (Å²) in [5.41, 5.74) is 16.4. The third kappa shape index (κ3) is 1.69. The van der Waals surface area contributed by atoms with E-state index in [1.807, 2.05) is 6.07 Å². The highest BCUT2D eigenvalue weighted by molar-refractivity contribution is 5.96. The lowest BCUT2D eigenvalue weighted by Gasteiger charge is -2.20. The average Bonchev–Trinajstić information content (AvgIpc) is 3.10. The van der Waals surface area contributed by atoms with Crippen LogP contribution in [0, 0.1) is 0 Å². The molecule has 2 aromatic rings. The summed E-state index contributed by atoms with van der Waals surface area (Å²) in [6, 6.07) is 4.33. The van der Waals surface area contributed by atoms with E-state index in [4.69, 9.17) is 16.5 Å². The molecule has 1 saturated carbocycles. The van der Waals surface area contributed by atoms with Crippen LogP contribution in [0.15, 0.2) is 12.1 Å². The highest BCUT2D eigenvalue weighted by Gasteiger charge is 2.30. The van der Waals surface area contributed by atoms with E-state index in [1.165, 1.54) is 24.2 Å². The quantitative estimate of drug-likeness (QED) is 0.813. The Bertz CT molecular complexity index is 670. The molecule has 20 heavy (non-hydrogen) atoms. The van der Waals surface area contributed by atoms with Crippen LogP contribution in [0.2, 0.25) is 0 Å². The molecular formula is C15H21N5. The fraction of sp³-hybridized carbons (Fsp3) is 0.533. The van der Waals surface area contributed by atoms with E-state index in [1.54, 1.807) is 0 Å². The van der Waals surface area contributed by atoms with E-state index in [2.05, 4.69) is 22.6 Å². The van der Waals surface area contributed by atoms with Gasteiger partial charge in [-0.1, -0.05) is 0 Å². The maximum atomic E-state index is 6.23. The summed E-state index contributed by atoms with van der Waals surface area (Å²) in [4.78, 5) is 7.20. The van der Waals surface area contributed by atoms with E-state index < -0.39 is 0 Å². The molecule has 5 nitrogen and oxygen atoms in total. The molecule has 4 rings (SSSR count). The molecule has 1 saturated heterocycles. The van der Waals surface area contributed by atoms with Crippen LogP contribution < -0.4 is 16.4 Å². The number of nitrogen functional groups attached to an aromatic ring is 1. The maximum Gasteiger partial charge on any atom is 0.114 e. The number of rotatable bonds is 2. The van der Waals surface area contributed by atoms with Crippen molar-refractivity contribution < 1.29 is 0 Å². The molecule has 1 aromatic carbocycles. The van der Waals surface area contributed by atoms with E-state index in [0.29, 0.717) is 5.92 Å². The van der Waals surface area contributed by atoms with Crippen molar-refractivity contribution in [2.45, 2.75) is 31.2 Å². The molecule has 106 valence electrons. The van der Waals surface area contributed by atoms with Gasteiger partial charge in [0.1, 0.15) is 11.3 Å². The lowest BCUT2D eigenvalue weighted by atomic mass is 10.2. The summed E-state index contributed by atoms with van der Waals surface area (Å²) >= 11 is 0. The highest BCUT2D eigenvalue weighted by atomic mass is 15.2. The van der Waals surface area contributed by atoms with Crippen LogP contribution in [0.1, 0.15) is 31.0 Å². The van der Waals surface area contributed by atoms with Crippen molar-refractivity contribution in [2.75, 3.05) is 23.7 Å². The Morgan fingerprint density at radius 3 is 2.70 bits per heavy atom. The third-order valence-corrected chi connectivity index (χ3v) is 4.58. The minimum Gasteiger partial charge on any atom is -0.397 e. The number of hydrogen-bond donors (Lipinski definition) is 2. The SMILES string of the molecule is Cn1c(C2CC2)nc2c(N3CC[C@H](N)C3)c(N)ccc21. The molecule has 0 bridgehead atoms. The summed E-state index contributed by atoms with van der Waals surface area (Å²) in [5, 5.41) is 0. The molecule has 2 aliphatic rings. The topological polar surface area (TPSA) is 73.1 Å². The first-order valence-electron chi connectivity index (χ1n) is 7.40.